The maximum Gasteiger partial charge on any atom is 0.224 e. The van der Waals surface area contributed by atoms with Gasteiger partial charge in [0.05, 0.1) is 5.92 Å². The van der Waals surface area contributed by atoms with Crippen molar-refractivity contribution in [1.82, 2.24) is 15.4 Å². The Labute approximate surface area is 145 Å². The van der Waals surface area contributed by atoms with Crippen LogP contribution in [0.4, 0.5) is 0 Å². The van der Waals surface area contributed by atoms with Gasteiger partial charge in [-0.05, 0) is 52.0 Å². The number of hydrogen-bond donors (Lipinski definition) is 1. The summed E-state index contributed by atoms with van der Waals surface area (Å²) in [6, 6.07) is 0.278. The Balaban J connectivity index is 1.56. The second-order valence-electron chi connectivity index (χ2n) is 7.51. The summed E-state index contributed by atoms with van der Waals surface area (Å²) in [7, 11) is 0. The van der Waals surface area contributed by atoms with Crippen LogP contribution in [0.25, 0.3) is 0 Å². The summed E-state index contributed by atoms with van der Waals surface area (Å²) in [6.45, 7) is 6.97. The first-order valence-electron chi connectivity index (χ1n) is 9.66. The molecule has 1 aliphatic carbocycles. The molecule has 0 bridgehead atoms. The number of carbonyl (C=O) groups is 1. The van der Waals surface area contributed by atoms with E-state index < -0.39 is 0 Å². The minimum Gasteiger partial charge on any atom is -0.361 e. The molecule has 1 aromatic rings. The highest BCUT2D eigenvalue weighted by Gasteiger charge is 2.28. The van der Waals surface area contributed by atoms with Crippen molar-refractivity contribution in [1.29, 1.82) is 0 Å². The summed E-state index contributed by atoms with van der Waals surface area (Å²) < 4.78 is 5.53. The monoisotopic (exact) mass is 333 g/mol. The van der Waals surface area contributed by atoms with Gasteiger partial charge in [-0.1, -0.05) is 18.5 Å². The molecule has 0 radical (unpaired) electrons. The van der Waals surface area contributed by atoms with Crippen molar-refractivity contribution in [2.75, 3.05) is 13.1 Å². The van der Waals surface area contributed by atoms with Gasteiger partial charge in [-0.25, -0.2) is 0 Å². The topological polar surface area (TPSA) is 58.4 Å². The molecule has 2 atom stereocenters. The van der Waals surface area contributed by atoms with Crippen LogP contribution >= 0.6 is 0 Å². The minimum atomic E-state index is 0.112. The van der Waals surface area contributed by atoms with E-state index in [2.05, 4.69) is 29.2 Å². The number of rotatable bonds is 6. The molecule has 3 rings (SSSR count). The number of fused-ring (bicyclic) bond motifs is 1. The van der Waals surface area contributed by atoms with Gasteiger partial charge in [-0.15, -0.1) is 0 Å². The Morgan fingerprint density at radius 2 is 2.21 bits per heavy atom. The molecule has 0 unspecified atom stereocenters. The van der Waals surface area contributed by atoms with E-state index in [0.29, 0.717) is 0 Å². The SMILES string of the molecule is CCC[C@@H](C)NC(=O)[C@H]1CCCN(Cc2noc3c2CCCC3)C1. The van der Waals surface area contributed by atoms with Crippen LogP contribution in [0.15, 0.2) is 4.52 Å². The lowest BCUT2D eigenvalue weighted by molar-refractivity contribution is -0.127. The van der Waals surface area contributed by atoms with E-state index >= 15 is 0 Å². The molecule has 2 heterocycles. The van der Waals surface area contributed by atoms with Crippen molar-refractivity contribution in [2.24, 2.45) is 5.92 Å². The van der Waals surface area contributed by atoms with Crippen LogP contribution in [0.3, 0.4) is 0 Å². The molecule has 134 valence electrons. The van der Waals surface area contributed by atoms with Gasteiger partial charge in [0, 0.05) is 31.1 Å². The molecule has 0 aromatic carbocycles. The average molecular weight is 333 g/mol. The molecule has 24 heavy (non-hydrogen) atoms. The van der Waals surface area contributed by atoms with Crippen LogP contribution < -0.4 is 5.32 Å². The molecular weight excluding hydrogens is 302 g/mol. The van der Waals surface area contributed by atoms with E-state index in [1.807, 2.05) is 0 Å². The lowest BCUT2D eigenvalue weighted by Crippen LogP contribution is -2.45. The maximum absolute atomic E-state index is 12.5. The number of hydrogen-bond acceptors (Lipinski definition) is 4. The van der Waals surface area contributed by atoms with E-state index in [9.17, 15) is 4.79 Å². The van der Waals surface area contributed by atoms with E-state index in [1.165, 1.54) is 18.4 Å². The van der Waals surface area contributed by atoms with Crippen LogP contribution in [-0.4, -0.2) is 35.1 Å². The Morgan fingerprint density at radius 3 is 3.04 bits per heavy atom. The molecule has 5 nitrogen and oxygen atoms in total. The summed E-state index contributed by atoms with van der Waals surface area (Å²) in [5.74, 6) is 1.43. The van der Waals surface area contributed by atoms with Crippen LogP contribution in [0.2, 0.25) is 0 Å². The van der Waals surface area contributed by atoms with Crippen molar-refractivity contribution in [3.05, 3.63) is 17.0 Å². The first-order valence-corrected chi connectivity index (χ1v) is 9.66. The van der Waals surface area contributed by atoms with E-state index in [4.69, 9.17) is 4.52 Å². The summed E-state index contributed by atoms with van der Waals surface area (Å²) in [5.41, 5.74) is 2.44. The second-order valence-corrected chi connectivity index (χ2v) is 7.51. The zero-order valence-corrected chi connectivity index (χ0v) is 15.1. The lowest BCUT2D eigenvalue weighted by atomic mass is 9.94. The van der Waals surface area contributed by atoms with E-state index in [0.717, 1.165) is 69.6 Å². The molecular formula is C19H31N3O2. The Bertz CT molecular complexity index is 555. The summed E-state index contributed by atoms with van der Waals surface area (Å²) in [4.78, 5) is 14.9. The molecule has 5 heteroatoms. The summed E-state index contributed by atoms with van der Waals surface area (Å²) in [5, 5.41) is 7.50. The largest absolute Gasteiger partial charge is 0.361 e. The highest BCUT2D eigenvalue weighted by atomic mass is 16.5. The fraction of sp³-hybridized carbons (Fsp3) is 0.789. The third-order valence-electron chi connectivity index (χ3n) is 5.39. The first kappa shape index (κ1) is 17.5. The smallest absolute Gasteiger partial charge is 0.224 e. The number of aryl methyl sites for hydroxylation is 1. The van der Waals surface area contributed by atoms with Crippen molar-refractivity contribution in [2.45, 2.75) is 77.8 Å². The number of carbonyl (C=O) groups excluding carboxylic acids is 1. The number of nitrogens with zero attached hydrogens (tertiary/aromatic N) is 2. The number of aromatic nitrogens is 1. The fourth-order valence-corrected chi connectivity index (χ4v) is 4.06. The third kappa shape index (κ3) is 4.18. The van der Waals surface area contributed by atoms with E-state index in [-0.39, 0.29) is 17.9 Å². The predicted octanol–water partition coefficient (Wildman–Crippen LogP) is 3.07. The average Bonchev–Trinajstić information content (AvgIpc) is 2.98. The van der Waals surface area contributed by atoms with Crippen molar-refractivity contribution in [3.8, 4) is 0 Å². The van der Waals surface area contributed by atoms with Crippen LogP contribution in [0.1, 0.15) is 69.4 Å². The highest BCUT2D eigenvalue weighted by Crippen LogP contribution is 2.26. The molecule has 2 aliphatic rings. The van der Waals surface area contributed by atoms with Gasteiger partial charge in [0.25, 0.3) is 0 Å². The van der Waals surface area contributed by atoms with Gasteiger partial charge >= 0.3 is 0 Å². The van der Waals surface area contributed by atoms with Gasteiger partial charge in [0.2, 0.25) is 5.91 Å². The standard InChI is InChI=1S/C19H31N3O2/c1-3-7-14(2)20-19(23)15-8-6-11-22(12-15)13-17-16-9-4-5-10-18(16)24-21-17/h14-15H,3-13H2,1-2H3,(H,20,23)/t14-,15+/m1/s1. The summed E-state index contributed by atoms with van der Waals surface area (Å²) in [6.07, 6.45) is 8.81. The predicted molar refractivity (Wildman–Crippen MR) is 93.7 cm³/mol. The summed E-state index contributed by atoms with van der Waals surface area (Å²) >= 11 is 0. The number of amides is 1. The van der Waals surface area contributed by atoms with Gasteiger partial charge in [0.1, 0.15) is 11.5 Å². The number of likely N-dealkylation sites (tertiary alicyclic amines) is 1. The zero-order chi connectivity index (χ0) is 16.9. The van der Waals surface area contributed by atoms with Gasteiger partial charge < -0.3 is 9.84 Å². The van der Waals surface area contributed by atoms with Crippen LogP contribution in [0, 0.1) is 5.92 Å². The molecule has 0 saturated carbocycles. The minimum absolute atomic E-state index is 0.112. The molecule has 1 fully saturated rings. The second kappa shape index (κ2) is 8.15. The Hall–Kier alpha value is -1.36. The van der Waals surface area contributed by atoms with Crippen molar-refractivity contribution in [3.63, 3.8) is 0 Å². The maximum atomic E-state index is 12.5. The van der Waals surface area contributed by atoms with Gasteiger partial charge in [-0.2, -0.15) is 0 Å². The van der Waals surface area contributed by atoms with Gasteiger partial charge in [-0.3, -0.25) is 9.69 Å². The van der Waals surface area contributed by atoms with Crippen molar-refractivity contribution < 1.29 is 9.32 Å². The zero-order valence-electron chi connectivity index (χ0n) is 15.1. The third-order valence-corrected chi connectivity index (χ3v) is 5.39. The molecule has 1 aliphatic heterocycles. The van der Waals surface area contributed by atoms with E-state index in [1.54, 1.807) is 0 Å². The first-order chi connectivity index (χ1) is 11.7. The quantitative estimate of drug-likeness (QED) is 0.869. The number of nitrogens with one attached hydrogen (secondary N) is 1. The Kier molecular flexibility index (Phi) is 5.93. The normalized spacial score (nSPS) is 22.8. The molecule has 1 N–H and O–H groups in total. The molecule has 1 amide bonds. The molecule has 1 saturated heterocycles. The van der Waals surface area contributed by atoms with Gasteiger partial charge in [0.15, 0.2) is 0 Å². The Morgan fingerprint density at radius 1 is 1.38 bits per heavy atom. The van der Waals surface area contributed by atoms with Crippen LogP contribution in [-0.2, 0) is 24.2 Å². The fourth-order valence-electron chi connectivity index (χ4n) is 4.06. The highest BCUT2D eigenvalue weighted by molar-refractivity contribution is 5.79. The molecule has 0 spiro atoms. The number of piperidine rings is 1. The lowest BCUT2D eigenvalue weighted by Gasteiger charge is -2.32. The van der Waals surface area contributed by atoms with Crippen molar-refractivity contribution >= 4 is 5.91 Å². The molecule has 1 aromatic heterocycles. The van der Waals surface area contributed by atoms with Crippen LogP contribution in [0.5, 0.6) is 0 Å².